The van der Waals surface area contributed by atoms with E-state index in [2.05, 4.69) is 35.5 Å². The molecule has 11 heteroatoms. The summed E-state index contributed by atoms with van der Waals surface area (Å²) < 4.78 is 11.6. The number of amidine groups is 1. The van der Waals surface area contributed by atoms with Gasteiger partial charge in [-0.25, -0.2) is 15.0 Å². The molecule has 3 atom stereocenters. The summed E-state index contributed by atoms with van der Waals surface area (Å²) in [7, 11) is 0. The molecule has 11 nitrogen and oxygen atoms in total. The Balaban J connectivity index is 1.11. The van der Waals surface area contributed by atoms with Gasteiger partial charge in [0.25, 0.3) is 0 Å². The number of carbonyl (C=O) groups excluding carboxylic acids is 1. The lowest BCUT2D eigenvalue weighted by molar-refractivity contribution is -0.117. The first kappa shape index (κ1) is 27.8. The Bertz CT molecular complexity index is 1500. The molecule has 1 aliphatic carbocycles. The summed E-state index contributed by atoms with van der Waals surface area (Å²) in [4.78, 5) is 39.6. The van der Waals surface area contributed by atoms with Crippen LogP contribution in [0.25, 0.3) is 6.08 Å². The highest BCUT2D eigenvalue weighted by molar-refractivity contribution is 6.11. The SMILES string of the molecule is O=C1C(C2C=NC(C3=CCC=N3)=NC2)=Cc2cnc(Nc3ccc(OC4CCNC4)cc3)nc2C1CCN1CCOCC1. The van der Waals surface area contributed by atoms with Crippen molar-refractivity contribution in [3.63, 3.8) is 0 Å². The number of nitrogens with one attached hydrogen (secondary N) is 2. The van der Waals surface area contributed by atoms with Gasteiger partial charge in [-0.15, -0.1) is 0 Å². The van der Waals surface area contributed by atoms with Crippen LogP contribution in [0.2, 0.25) is 0 Å². The molecule has 0 amide bonds. The Labute approximate surface area is 250 Å². The molecule has 4 aliphatic heterocycles. The maximum Gasteiger partial charge on any atom is 0.227 e. The number of fused-ring (bicyclic) bond motifs is 1. The quantitative estimate of drug-likeness (QED) is 0.463. The third-order valence-electron chi connectivity index (χ3n) is 8.45. The lowest BCUT2D eigenvalue weighted by Crippen LogP contribution is -2.38. The predicted octanol–water partition coefficient (Wildman–Crippen LogP) is 3.19. The Morgan fingerprint density at radius 3 is 2.77 bits per heavy atom. The fourth-order valence-corrected chi connectivity index (χ4v) is 6.06. The number of nitrogens with zero attached hydrogens (tertiary/aromatic N) is 6. The fourth-order valence-electron chi connectivity index (χ4n) is 6.06. The van der Waals surface area contributed by atoms with Crippen molar-refractivity contribution in [3.8, 4) is 5.75 Å². The smallest absolute Gasteiger partial charge is 0.227 e. The molecule has 2 saturated heterocycles. The normalized spacial score (nSPS) is 25.3. The van der Waals surface area contributed by atoms with Crippen LogP contribution in [0.3, 0.4) is 0 Å². The number of ether oxygens (including phenoxy) is 2. The first-order chi connectivity index (χ1) is 21.2. The summed E-state index contributed by atoms with van der Waals surface area (Å²) >= 11 is 0. The molecule has 3 unspecified atom stereocenters. The van der Waals surface area contributed by atoms with E-state index in [0.29, 0.717) is 30.3 Å². The van der Waals surface area contributed by atoms with Crippen LogP contribution in [-0.2, 0) is 9.53 Å². The number of anilines is 2. The standard InChI is InChI=1S/C32H36N8O3/c41-30-26(8-11-40-12-14-42-15-13-40)29-21(16-27(30)22-18-35-31(36-19-22)28-2-1-9-34-28)17-37-32(39-29)38-23-3-5-24(6-4-23)43-25-7-10-33-20-25/h2-6,9,16-18,22,25-26,33H,1,7-8,10-15,19-20H2,(H,37,38,39). The molecular weight excluding hydrogens is 544 g/mol. The van der Waals surface area contributed by atoms with E-state index in [1.165, 1.54) is 0 Å². The van der Waals surface area contributed by atoms with Crippen molar-refractivity contribution in [1.29, 1.82) is 0 Å². The average molecular weight is 581 g/mol. The van der Waals surface area contributed by atoms with Crippen LogP contribution in [0.4, 0.5) is 11.6 Å². The number of allylic oxidation sites excluding steroid dienone is 1. The van der Waals surface area contributed by atoms with Gasteiger partial charge in [0.1, 0.15) is 17.6 Å². The average Bonchev–Trinajstić information content (AvgIpc) is 3.78. The molecule has 43 heavy (non-hydrogen) atoms. The van der Waals surface area contributed by atoms with Crippen LogP contribution in [-0.4, -0.2) is 97.5 Å². The predicted molar refractivity (Wildman–Crippen MR) is 167 cm³/mol. The zero-order valence-electron chi connectivity index (χ0n) is 24.1. The molecule has 2 fully saturated rings. The maximum absolute atomic E-state index is 14.1. The molecule has 0 saturated carbocycles. The van der Waals surface area contributed by atoms with Gasteiger partial charge in [0, 0.05) is 67.4 Å². The van der Waals surface area contributed by atoms with Gasteiger partial charge in [0.15, 0.2) is 11.6 Å². The molecule has 0 bridgehead atoms. The van der Waals surface area contributed by atoms with Crippen LogP contribution in [0, 0.1) is 5.92 Å². The number of benzene rings is 1. The van der Waals surface area contributed by atoms with Gasteiger partial charge in [-0.3, -0.25) is 19.7 Å². The first-order valence-corrected chi connectivity index (χ1v) is 15.2. The lowest BCUT2D eigenvalue weighted by Gasteiger charge is -2.30. The van der Waals surface area contributed by atoms with Crippen LogP contribution in [0.5, 0.6) is 5.75 Å². The molecule has 2 N–H and O–H groups in total. The van der Waals surface area contributed by atoms with E-state index in [1.807, 2.05) is 55.0 Å². The van der Waals surface area contributed by atoms with Gasteiger partial charge in [-0.05, 0) is 62.3 Å². The molecule has 5 heterocycles. The minimum atomic E-state index is -0.377. The summed E-state index contributed by atoms with van der Waals surface area (Å²) in [6.45, 7) is 6.30. The van der Waals surface area contributed by atoms with Crippen LogP contribution >= 0.6 is 0 Å². The van der Waals surface area contributed by atoms with Crippen molar-refractivity contribution < 1.29 is 14.3 Å². The number of ketones is 1. The fraction of sp³-hybridized carbons (Fsp3) is 0.438. The van der Waals surface area contributed by atoms with E-state index >= 15 is 0 Å². The summed E-state index contributed by atoms with van der Waals surface area (Å²) in [6.07, 6.45) is 12.1. The van der Waals surface area contributed by atoms with Gasteiger partial charge in [-0.2, -0.15) is 0 Å². The Morgan fingerprint density at radius 1 is 1.14 bits per heavy atom. The van der Waals surface area contributed by atoms with Crippen molar-refractivity contribution in [2.24, 2.45) is 20.9 Å². The van der Waals surface area contributed by atoms with Crippen molar-refractivity contribution in [2.75, 3.05) is 57.8 Å². The number of hydrogen-bond acceptors (Lipinski definition) is 11. The van der Waals surface area contributed by atoms with E-state index in [-0.39, 0.29) is 23.7 Å². The first-order valence-electron chi connectivity index (χ1n) is 15.2. The largest absolute Gasteiger partial charge is 0.489 e. The summed E-state index contributed by atoms with van der Waals surface area (Å²) in [6, 6.07) is 7.84. The monoisotopic (exact) mass is 580 g/mol. The van der Waals surface area contributed by atoms with Gasteiger partial charge >= 0.3 is 0 Å². The maximum atomic E-state index is 14.1. The number of aliphatic imine (C=N–C) groups is 3. The second kappa shape index (κ2) is 12.7. The van der Waals surface area contributed by atoms with Gasteiger partial charge < -0.3 is 20.1 Å². The highest BCUT2D eigenvalue weighted by Crippen LogP contribution is 2.36. The number of rotatable bonds is 9. The van der Waals surface area contributed by atoms with Crippen LogP contribution < -0.4 is 15.4 Å². The van der Waals surface area contributed by atoms with E-state index in [1.54, 1.807) is 0 Å². The van der Waals surface area contributed by atoms with E-state index < -0.39 is 0 Å². The number of hydrogen-bond donors (Lipinski definition) is 2. The number of aromatic nitrogens is 2. The number of morpholine rings is 1. The van der Waals surface area contributed by atoms with E-state index in [9.17, 15) is 4.79 Å². The van der Waals surface area contributed by atoms with Gasteiger partial charge in [-0.1, -0.05) is 0 Å². The minimum absolute atomic E-state index is 0.0847. The minimum Gasteiger partial charge on any atom is -0.489 e. The van der Waals surface area contributed by atoms with Crippen molar-refractivity contribution in [2.45, 2.75) is 31.3 Å². The van der Waals surface area contributed by atoms with E-state index in [4.69, 9.17) is 14.5 Å². The molecule has 2 aromatic rings. The molecule has 7 rings (SSSR count). The second-order valence-electron chi connectivity index (χ2n) is 11.4. The van der Waals surface area contributed by atoms with Crippen LogP contribution in [0.1, 0.15) is 36.4 Å². The third kappa shape index (κ3) is 6.34. The third-order valence-corrected chi connectivity index (χ3v) is 8.45. The highest BCUT2D eigenvalue weighted by atomic mass is 16.5. The number of carbonyl (C=O) groups is 1. The summed E-state index contributed by atoms with van der Waals surface area (Å²) in [5.74, 6) is 1.45. The van der Waals surface area contributed by atoms with Crippen LogP contribution in [0.15, 0.2) is 62.8 Å². The van der Waals surface area contributed by atoms with E-state index in [0.717, 1.165) is 87.2 Å². The Hall–Kier alpha value is -4.06. The lowest BCUT2D eigenvalue weighted by atomic mass is 9.79. The zero-order chi connectivity index (χ0) is 29.0. The van der Waals surface area contributed by atoms with Gasteiger partial charge in [0.2, 0.25) is 5.95 Å². The van der Waals surface area contributed by atoms with Crippen molar-refractivity contribution >= 4 is 41.8 Å². The molecule has 222 valence electrons. The molecule has 1 aromatic carbocycles. The highest BCUT2D eigenvalue weighted by Gasteiger charge is 2.35. The van der Waals surface area contributed by atoms with Crippen molar-refractivity contribution in [1.82, 2.24) is 20.2 Å². The zero-order valence-corrected chi connectivity index (χ0v) is 24.1. The summed E-state index contributed by atoms with van der Waals surface area (Å²) in [5.41, 5.74) is 4.00. The second-order valence-corrected chi connectivity index (χ2v) is 11.4. The molecule has 1 aromatic heterocycles. The topological polar surface area (TPSA) is 126 Å². The van der Waals surface area contributed by atoms with Crippen molar-refractivity contribution in [3.05, 3.63) is 59.1 Å². The Morgan fingerprint density at radius 2 is 2.02 bits per heavy atom. The Kier molecular flexibility index (Phi) is 8.17. The number of Topliss-reactive ketones (excluding diaryl/α,β-unsaturated/α-hetero) is 1. The molecule has 0 spiro atoms. The molecule has 5 aliphatic rings. The summed E-state index contributed by atoms with van der Waals surface area (Å²) in [5, 5.41) is 6.64. The van der Waals surface area contributed by atoms with Gasteiger partial charge in [0.05, 0.1) is 31.4 Å². The molecular formula is C32H36N8O3. The molecule has 0 radical (unpaired) electrons.